The van der Waals surface area contributed by atoms with Crippen molar-refractivity contribution in [2.45, 2.75) is 4.90 Å². The van der Waals surface area contributed by atoms with Gasteiger partial charge >= 0.3 is 0 Å². The predicted molar refractivity (Wildman–Crippen MR) is 48.8 cm³/mol. The molecule has 2 heterocycles. The number of nitrogens with one attached hydrogen (secondary N) is 1. The molecule has 0 bridgehead atoms. The highest BCUT2D eigenvalue weighted by Gasteiger charge is 2.09. The predicted octanol–water partition coefficient (Wildman–Crippen LogP) is -1.09. The van der Waals surface area contributed by atoms with Crippen LogP contribution in [0.4, 0.5) is 0 Å². The van der Waals surface area contributed by atoms with Gasteiger partial charge in [-0.15, -0.1) is 10.2 Å². The topological polar surface area (TPSA) is 128 Å². The van der Waals surface area contributed by atoms with Gasteiger partial charge in [-0.3, -0.25) is 4.98 Å². The summed E-state index contributed by atoms with van der Waals surface area (Å²) < 4.78 is 21.8. The summed E-state index contributed by atoms with van der Waals surface area (Å²) in [5, 5.41) is 17.9. The molecule has 8 nitrogen and oxygen atoms in total. The molecule has 0 aliphatic heterocycles. The third kappa shape index (κ3) is 1.97. The quantitative estimate of drug-likeness (QED) is 0.669. The van der Waals surface area contributed by atoms with E-state index in [1.807, 2.05) is 0 Å². The van der Waals surface area contributed by atoms with Gasteiger partial charge in [0.25, 0.3) is 0 Å². The molecule has 2 aromatic heterocycles. The fourth-order valence-electron chi connectivity index (χ4n) is 0.951. The second-order valence-corrected chi connectivity index (χ2v) is 4.22. The lowest BCUT2D eigenvalue weighted by molar-refractivity contribution is 0.597. The molecule has 0 saturated carbocycles. The van der Waals surface area contributed by atoms with E-state index in [1.165, 1.54) is 12.1 Å². The molecule has 2 rings (SSSR count). The van der Waals surface area contributed by atoms with E-state index in [2.05, 4.69) is 25.6 Å². The number of primary sulfonamides is 1. The van der Waals surface area contributed by atoms with Crippen LogP contribution in [0.15, 0.2) is 23.2 Å². The van der Waals surface area contributed by atoms with Crippen LogP contribution in [0.3, 0.4) is 0 Å². The van der Waals surface area contributed by atoms with Crippen LogP contribution in [0, 0.1) is 0 Å². The summed E-state index contributed by atoms with van der Waals surface area (Å²) in [6.45, 7) is 0. The van der Waals surface area contributed by atoms with Crippen LogP contribution < -0.4 is 5.14 Å². The van der Waals surface area contributed by atoms with Crippen molar-refractivity contribution in [2.24, 2.45) is 5.14 Å². The molecule has 2 aromatic rings. The molecule has 0 aromatic carbocycles. The Bertz CT molecular complexity index is 546. The first-order valence-corrected chi connectivity index (χ1v) is 5.35. The summed E-state index contributed by atoms with van der Waals surface area (Å²) >= 11 is 0. The molecule has 0 fully saturated rings. The zero-order chi connectivity index (χ0) is 10.9. The van der Waals surface area contributed by atoms with Gasteiger partial charge in [-0.1, -0.05) is 0 Å². The number of rotatable bonds is 2. The third-order valence-electron chi connectivity index (χ3n) is 1.64. The fourth-order valence-corrected chi connectivity index (χ4v) is 1.41. The van der Waals surface area contributed by atoms with E-state index in [1.54, 1.807) is 0 Å². The summed E-state index contributed by atoms with van der Waals surface area (Å²) in [5.41, 5.74) is 0.413. The fraction of sp³-hybridized carbons (Fsp3) is 0. The molecular formula is C6H6N6O2S. The number of nitrogens with zero attached hydrogens (tertiary/aromatic N) is 4. The highest BCUT2D eigenvalue weighted by atomic mass is 32.2. The SMILES string of the molecule is NS(=O)(=O)c1ccc(-c2nn[nH]n2)nc1. The summed E-state index contributed by atoms with van der Waals surface area (Å²) in [6.07, 6.45) is 1.14. The molecule has 0 atom stereocenters. The molecule has 9 heteroatoms. The zero-order valence-electron chi connectivity index (χ0n) is 7.32. The lowest BCUT2D eigenvalue weighted by Crippen LogP contribution is -2.12. The molecule has 0 aliphatic carbocycles. The molecule has 0 saturated heterocycles. The number of H-pyrrole nitrogens is 1. The number of aromatic amines is 1. The van der Waals surface area contributed by atoms with Gasteiger partial charge in [0.05, 0.1) is 0 Å². The molecule has 0 amide bonds. The number of tetrazole rings is 1. The van der Waals surface area contributed by atoms with E-state index >= 15 is 0 Å². The Morgan fingerprint density at radius 1 is 1.33 bits per heavy atom. The van der Waals surface area contributed by atoms with E-state index in [0.717, 1.165) is 6.20 Å². The van der Waals surface area contributed by atoms with Gasteiger partial charge in [0, 0.05) is 6.20 Å². The maximum atomic E-state index is 10.9. The maximum Gasteiger partial charge on any atom is 0.239 e. The van der Waals surface area contributed by atoms with Crippen LogP contribution in [0.2, 0.25) is 0 Å². The highest BCUT2D eigenvalue weighted by Crippen LogP contribution is 2.11. The van der Waals surface area contributed by atoms with E-state index in [-0.39, 0.29) is 10.7 Å². The van der Waals surface area contributed by atoms with Crippen molar-refractivity contribution in [3.63, 3.8) is 0 Å². The van der Waals surface area contributed by atoms with Crippen LogP contribution in [-0.4, -0.2) is 34.0 Å². The first-order chi connectivity index (χ1) is 7.07. The number of aromatic nitrogens is 5. The first kappa shape index (κ1) is 9.68. The standard InChI is InChI=1S/C6H6N6O2S/c7-15(13,14)4-1-2-5(8-3-4)6-9-11-12-10-6/h1-3H,(H2,7,13,14)(H,9,10,11,12). The minimum Gasteiger partial charge on any atom is -0.251 e. The number of hydrogen-bond acceptors (Lipinski definition) is 6. The average Bonchev–Trinajstić information content (AvgIpc) is 2.69. The minimum absolute atomic E-state index is 0.0604. The molecule has 0 aliphatic rings. The third-order valence-corrected chi connectivity index (χ3v) is 2.54. The zero-order valence-corrected chi connectivity index (χ0v) is 8.14. The van der Waals surface area contributed by atoms with Gasteiger partial charge in [-0.05, 0) is 17.3 Å². The van der Waals surface area contributed by atoms with E-state index < -0.39 is 10.0 Å². The number of sulfonamides is 1. The second-order valence-electron chi connectivity index (χ2n) is 2.66. The largest absolute Gasteiger partial charge is 0.251 e. The smallest absolute Gasteiger partial charge is 0.239 e. The van der Waals surface area contributed by atoms with Gasteiger partial charge in [0.2, 0.25) is 15.8 Å². The van der Waals surface area contributed by atoms with Crippen LogP contribution >= 0.6 is 0 Å². The molecule has 15 heavy (non-hydrogen) atoms. The Morgan fingerprint density at radius 2 is 2.13 bits per heavy atom. The van der Waals surface area contributed by atoms with Crippen molar-refractivity contribution in [2.75, 3.05) is 0 Å². The van der Waals surface area contributed by atoms with E-state index in [9.17, 15) is 8.42 Å². The number of pyridine rings is 1. The summed E-state index contributed by atoms with van der Waals surface area (Å²) in [6, 6.07) is 2.78. The molecular weight excluding hydrogens is 220 g/mol. The average molecular weight is 226 g/mol. The number of nitrogens with two attached hydrogens (primary N) is 1. The number of hydrogen-bond donors (Lipinski definition) is 2. The Hall–Kier alpha value is -1.87. The van der Waals surface area contributed by atoms with Gasteiger partial charge in [0.15, 0.2) is 0 Å². The highest BCUT2D eigenvalue weighted by molar-refractivity contribution is 7.89. The van der Waals surface area contributed by atoms with Crippen molar-refractivity contribution in [3.05, 3.63) is 18.3 Å². The molecule has 78 valence electrons. The van der Waals surface area contributed by atoms with E-state index in [4.69, 9.17) is 5.14 Å². The van der Waals surface area contributed by atoms with Gasteiger partial charge < -0.3 is 0 Å². The normalized spacial score (nSPS) is 11.5. The van der Waals surface area contributed by atoms with Crippen LogP contribution in [-0.2, 0) is 10.0 Å². The first-order valence-electron chi connectivity index (χ1n) is 3.80. The Labute approximate surface area is 84.6 Å². The van der Waals surface area contributed by atoms with Crippen LogP contribution in [0.25, 0.3) is 11.5 Å². The van der Waals surface area contributed by atoms with Crippen molar-refractivity contribution >= 4 is 10.0 Å². The summed E-state index contributed by atoms with van der Waals surface area (Å²) in [4.78, 5) is 3.78. The molecule has 0 unspecified atom stereocenters. The lowest BCUT2D eigenvalue weighted by atomic mass is 10.3. The Kier molecular flexibility index (Phi) is 2.17. The Balaban J connectivity index is 2.42. The van der Waals surface area contributed by atoms with Gasteiger partial charge in [-0.2, -0.15) is 5.21 Å². The second kappa shape index (κ2) is 3.37. The lowest BCUT2D eigenvalue weighted by Gasteiger charge is -1.97. The maximum absolute atomic E-state index is 10.9. The monoisotopic (exact) mass is 226 g/mol. The molecule has 3 N–H and O–H groups in total. The molecule has 0 radical (unpaired) electrons. The van der Waals surface area contributed by atoms with Crippen molar-refractivity contribution in [1.82, 2.24) is 25.6 Å². The van der Waals surface area contributed by atoms with Crippen molar-refractivity contribution in [3.8, 4) is 11.5 Å². The van der Waals surface area contributed by atoms with Gasteiger partial charge in [0.1, 0.15) is 10.6 Å². The van der Waals surface area contributed by atoms with E-state index in [0.29, 0.717) is 5.69 Å². The summed E-state index contributed by atoms with van der Waals surface area (Å²) in [5.74, 6) is 0.288. The minimum atomic E-state index is -3.72. The summed E-state index contributed by atoms with van der Waals surface area (Å²) in [7, 11) is -3.72. The van der Waals surface area contributed by atoms with Crippen LogP contribution in [0.5, 0.6) is 0 Å². The Morgan fingerprint density at radius 3 is 2.60 bits per heavy atom. The van der Waals surface area contributed by atoms with Crippen molar-refractivity contribution < 1.29 is 8.42 Å². The van der Waals surface area contributed by atoms with Gasteiger partial charge in [-0.25, -0.2) is 13.6 Å². The molecule has 0 spiro atoms. The van der Waals surface area contributed by atoms with Crippen LogP contribution in [0.1, 0.15) is 0 Å². The van der Waals surface area contributed by atoms with Crippen molar-refractivity contribution in [1.29, 1.82) is 0 Å².